The first kappa shape index (κ1) is 16.2. The lowest BCUT2D eigenvalue weighted by Gasteiger charge is -2.34. The summed E-state index contributed by atoms with van der Waals surface area (Å²) in [6.07, 6.45) is 3.99. The largest absolute Gasteiger partial charge is 0.354 e. The van der Waals surface area contributed by atoms with E-state index in [2.05, 4.69) is 42.9 Å². The maximum absolute atomic E-state index is 14.6. The van der Waals surface area contributed by atoms with E-state index < -0.39 is 0 Å². The van der Waals surface area contributed by atoms with Crippen LogP contribution in [0, 0.1) is 17.7 Å². The monoisotopic (exact) mass is 293 g/mol. The molecule has 118 valence electrons. The van der Waals surface area contributed by atoms with Gasteiger partial charge in [0.05, 0.1) is 0 Å². The Kier molecular flexibility index (Phi) is 5.57. The van der Waals surface area contributed by atoms with Crippen molar-refractivity contribution in [3.63, 3.8) is 0 Å². The molecule has 1 fully saturated rings. The van der Waals surface area contributed by atoms with Crippen molar-refractivity contribution in [1.82, 2.24) is 10.3 Å². The van der Waals surface area contributed by atoms with E-state index in [1.807, 2.05) is 0 Å². The second-order valence-corrected chi connectivity index (χ2v) is 6.71. The molecule has 0 radical (unpaired) electrons. The molecule has 4 heteroatoms. The molecule has 3 nitrogen and oxygen atoms in total. The van der Waals surface area contributed by atoms with Crippen molar-refractivity contribution in [1.29, 1.82) is 0 Å². The van der Waals surface area contributed by atoms with Crippen LogP contribution < -0.4 is 10.2 Å². The average molecular weight is 293 g/mol. The van der Waals surface area contributed by atoms with Gasteiger partial charge in [0.15, 0.2) is 11.6 Å². The van der Waals surface area contributed by atoms with E-state index in [1.54, 1.807) is 12.3 Å². The second-order valence-electron chi connectivity index (χ2n) is 6.71. The first-order chi connectivity index (χ1) is 9.99. The van der Waals surface area contributed by atoms with Crippen molar-refractivity contribution in [2.24, 2.45) is 11.8 Å². The predicted molar refractivity (Wildman–Crippen MR) is 85.9 cm³/mol. The molecule has 0 atom stereocenters. The van der Waals surface area contributed by atoms with Crippen LogP contribution in [0.3, 0.4) is 0 Å². The molecule has 1 saturated heterocycles. The molecule has 0 aliphatic carbocycles. The van der Waals surface area contributed by atoms with Crippen molar-refractivity contribution in [2.75, 3.05) is 18.0 Å². The Morgan fingerprint density at radius 2 is 1.95 bits per heavy atom. The zero-order chi connectivity index (χ0) is 15.4. The number of piperidine rings is 1. The van der Waals surface area contributed by atoms with E-state index in [0.29, 0.717) is 29.9 Å². The van der Waals surface area contributed by atoms with Crippen molar-refractivity contribution < 1.29 is 4.39 Å². The van der Waals surface area contributed by atoms with Gasteiger partial charge >= 0.3 is 0 Å². The Hall–Kier alpha value is -1.16. The standard InChI is InChI=1S/C17H28FN3/c1-12(2)14-6-9-21(10-7-14)17-16(18)15(5-8-19-17)11-20-13(3)4/h5,8,12-14,20H,6-7,9-11H2,1-4H3. The van der Waals surface area contributed by atoms with Gasteiger partial charge in [-0.3, -0.25) is 0 Å². The third kappa shape index (κ3) is 4.16. The molecule has 1 aliphatic heterocycles. The Bertz CT molecular complexity index is 451. The molecule has 0 bridgehead atoms. The molecule has 21 heavy (non-hydrogen) atoms. The number of nitrogens with one attached hydrogen (secondary N) is 1. The summed E-state index contributed by atoms with van der Waals surface area (Å²) in [5.74, 6) is 1.84. The van der Waals surface area contributed by atoms with Gasteiger partial charge in [0.25, 0.3) is 0 Å². The lowest BCUT2D eigenvalue weighted by atomic mass is 9.87. The molecule has 2 heterocycles. The van der Waals surface area contributed by atoms with E-state index in [1.165, 1.54) is 0 Å². The molecular weight excluding hydrogens is 265 g/mol. The van der Waals surface area contributed by atoms with Gasteiger partial charge in [0.1, 0.15) is 0 Å². The lowest BCUT2D eigenvalue weighted by Crippen LogP contribution is -2.36. The summed E-state index contributed by atoms with van der Waals surface area (Å²) in [6.45, 7) is 11.1. The van der Waals surface area contributed by atoms with Gasteiger partial charge < -0.3 is 10.2 Å². The molecular formula is C17H28FN3. The van der Waals surface area contributed by atoms with Crippen LogP contribution >= 0.6 is 0 Å². The van der Waals surface area contributed by atoms with Gasteiger partial charge in [-0.15, -0.1) is 0 Å². The maximum atomic E-state index is 14.6. The van der Waals surface area contributed by atoms with Crippen LogP contribution in [0.15, 0.2) is 12.3 Å². The normalized spacial score (nSPS) is 17.0. The van der Waals surface area contributed by atoms with Crippen molar-refractivity contribution in [3.8, 4) is 0 Å². The van der Waals surface area contributed by atoms with E-state index in [-0.39, 0.29) is 5.82 Å². The summed E-state index contributed by atoms with van der Waals surface area (Å²) in [5, 5.41) is 3.27. The van der Waals surface area contributed by atoms with Crippen LogP contribution in [-0.4, -0.2) is 24.1 Å². The Balaban J connectivity index is 2.05. The summed E-state index contributed by atoms with van der Waals surface area (Å²) >= 11 is 0. The molecule has 0 unspecified atom stereocenters. The fourth-order valence-corrected chi connectivity index (χ4v) is 2.92. The summed E-state index contributed by atoms with van der Waals surface area (Å²) in [4.78, 5) is 6.39. The van der Waals surface area contributed by atoms with Gasteiger partial charge in [-0.2, -0.15) is 0 Å². The minimum Gasteiger partial charge on any atom is -0.354 e. The van der Waals surface area contributed by atoms with E-state index in [0.717, 1.165) is 31.8 Å². The third-order valence-corrected chi connectivity index (χ3v) is 4.43. The van der Waals surface area contributed by atoms with Crippen molar-refractivity contribution in [2.45, 2.75) is 53.1 Å². The molecule has 1 aromatic rings. The van der Waals surface area contributed by atoms with Crippen LogP contribution in [0.1, 0.15) is 46.1 Å². The fourth-order valence-electron chi connectivity index (χ4n) is 2.92. The molecule has 0 aromatic carbocycles. The van der Waals surface area contributed by atoms with Crippen LogP contribution in [0.4, 0.5) is 10.2 Å². The summed E-state index contributed by atoms with van der Waals surface area (Å²) in [5.41, 5.74) is 0.708. The van der Waals surface area contributed by atoms with Crippen molar-refractivity contribution in [3.05, 3.63) is 23.6 Å². The smallest absolute Gasteiger partial charge is 0.170 e. The first-order valence-electron chi connectivity index (χ1n) is 8.10. The van der Waals surface area contributed by atoms with Crippen LogP contribution in [0.25, 0.3) is 0 Å². The quantitative estimate of drug-likeness (QED) is 0.899. The van der Waals surface area contributed by atoms with Crippen molar-refractivity contribution >= 4 is 5.82 Å². The molecule has 0 amide bonds. The average Bonchev–Trinajstić information content (AvgIpc) is 2.46. The molecule has 1 aliphatic rings. The SMILES string of the molecule is CC(C)NCc1ccnc(N2CCC(C(C)C)CC2)c1F. The maximum Gasteiger partial charge on any atom is 0.170 e. The number of pyridine rings is 1. The van der Waals surface area contributed by atoms with Crippen LogP contribution in [0.2, 0.25) is 0 Å². The zero-order valence-electron chi connectivity index (χ0n) is 13.7. The topological polar surface area (TPSA) is 28.2 Å². The molecule has 0 saturated carbocycles. The number of anilines is 1. The summed E-state index contributed by atoms with van der Waals surface area (Å²) in [7, 11) is 0. The minimum absolute atomic E-state index is 0.159. The minimum atomic E-state index is -0.159. The Morgan fingerprint density at radius 1 is 1.29 bits per heavy atom. The molecule has 1 aromatic heterocycles. The second kappa shape index (κ2) is 7.21. The van der Waals surface area contributed by atoms with E-state index in [9.17, 15) is 4.39 Å². The highest BCUT2D eigenvalue weighted by molar-refractivity contribution is 5.43. The van der Waals surface area contributed by atoms with E-state index in [4.69, 9.17) is 0 Å². The summed E-state index contributed by atoms with van der Waals surface area (Å²) < 4.78 is 14.6. The van der Waals surface area contributed by atoms with Crippen LogP contribution in [-0.2, 0) is 6.54 Å². The van der Waals surface area contributed by atoms with Crippen LogP contribution in [0.5, 0.6) is 0 Å². The number of rotatable bonds is 5. The Labute approximate surface area is 127 Å². The highest BCUT2D eigenvalue weighted by Gasteiger charge is 2.24. The van der Waals surface area contributed by atoms with Gasteiger partial charge in [-0.1, -0.05) is 27.7 Å². The highest BCUT2D eigenvalue weighted by Crippen LogP contribution is 2.28. The number of aromatic nitrogens is 1. The van der Waals surface area contributed by atoms with Gasteiger partial charge in [-0.05, 0) is 30.7 Å². The molecule has 2 rings (SSSR count). The summed E-state index contributed by atoms with van der Waals surface area (Å²) in [6, 6.07) is 2.12. The fraction of sp³-hybridized carbons (Fsp3) is 0.706. The highest BCUT2D eigenvalue weighted by atomic mass is 19.1. The third-order valence-electron chi connectivity index (χ3n) is 4.43. The Morgan fingerprint density at radius 3 is 2.52 bits per heavy atom. The zero-order valence-corrected chi connectivity index (χ0v) is 13.7. The number of hydrogen-bond donors (Lipinski definition) is 1. The molecule has 0 spiro atoms. The first-order valence-corrected chi connectivity index (χ1v) is 8.10. The lowest BCUT2D eigenvalue weighted by molar-refractivity contribution is 0.309. The van der Waals surface area contributed by atoms with E-state index >= 15 is 0 Å². The molecule has 1 N–H and O–H groups in total. The van der Waals surface area contributed by atoms with Gasteiger partial charge in [0.2, 0.25) is 0 Å². The number of halogens is 1. The van der Waals surface area contributed by atoms with Gasteiger partial charge in [0, 0.05) is 37.4 Å². The number of nitrogens with zero attached hydrogens (tertiary/aromatic N) is 2. The number of hydrogen-bond acceptors (Lipinski definition) is 3. The predicted octanol–water partition coefficient (Wildman–Crippen LogP) is 3.59. The van der Waals surface area contributed by atoms with Gasteiger partial charge in [-0.25, -0.2) is 9.37 Å².